The minimum Gasteiger partial charge on any atom is -0.324 e. The van der Waals surface area contributed by atoms with Crippen LogP contribution in [0.3, 0.4) is 0 Å². The molecule has 2 nitrogen and oxygen atoms in total. The second-order valence-corrected chi connectivity index (χ2v) is 4.72. The van der Waals surface area contributed by atoms with E-state index in [1.807, 2.05) is 0 Å². The first-order valence-electron chi connectivity index (χ1n) is 5.18. The summed E-state index contributed by atoms with van der Waals surface area (Å²) in [5, 5.41) is 0. The van der Waals surface area contributed by atoms with E-state index in [0.29, 0.717) is 12.1 Å². The second-order valence-electron chi connectivity index (χ2n) is 4.72. The standard InChI is InChI=1S/C10H20N2/c1-8(2)12-7-3-4-9(12)10(11)5-6-10/h8-9H,3-7,11H2,1-2H3. The largest absolute Gasteiger partial charge is 0.324 e. The van der Waals surface area contributed by atoms with Crippen LogP contribution in [-0.4, -0.2) is 29.1 Å². The zero-order chi connectivity index (χ0) is 8.77. The van der Waals surface area contributed by atoms with E-state index in [4.69, 9.17) is 5.73 Å². The topological polar surface area (TPSA) is 29.3 Å². The van der Waals surface area contributed by atoms with Crippen LogP contribution >= 0.6 is 0 Å². The molecule has 1 aliphatic heterocycles. The molecule has 0 aromatic heterocycles. The molecule has 2 aliphatic rings. The molecule has 2 rings (SSSR count). The third-order valence-electron chi connectivity index (χ3n) is 3.45. The highest BCUT2D eigenvalue weighted by Gasteiger charge is 2.49. The van der Waals surface area contributed by atoms with Crippen molar-refractivity contribution < 1.29 is 0 Å². The molecule has 0 spiro atoms. The van der Waals surface area contributed by atoms with Gasteiger partial charge in [0.25, 0.3) is 0 Å². The maximum atomic E-state index is 6.24. The highest BCUT2D eigenvalue weighted by atomic mass is 15.2. The number of hydrogen-bond donors (Lipinski definition) is 1. The lowest BCUT2D eigenvalue weighted by atomic mass is 10.0. The molecule has 1 aliphatic carbocycles. The Balaban J connectivity index is 2.04. The average molecular weight is 168 g/mol. The smallest absolute Gasteiger partial charge is 0.0313 e. The Morgan fingerprint density at radius 2 is 2.08 bits per heavy atom. The summed E-state index contributed by atoms with van der Waals surface area (Å²) >= 11 is 0. The SMILES string of the molecule is CC(C)N1CCCC1C1(N)CC1. The maximum Gasteiger partial charge on any atom is 0.0313 e. The van der Waals surface area contributed by atoms with Crippen LogP contribution in [0.1, 0.15) is 39.5 Å². The van der Waals surface area contributed by atoms with E-state index in [1.54, 1.807) is 0 Å². The Morgan fingerprint density at radius 3 is 2.58 bits per heavy atom. The van der Waals surface area contributed by atoms with E-state index in [-0.39, 0.29) is 5.54 Å². The summed E-state index contributed by atoms with van der Waals surface area (Å²) in [6, 6.07) is 1.37. The molecule has 1 heterocycles. The normalized spacial score (nSPS) is 34.5. The van der Waals surface area contributed by atoms with E-state index < -0.39 is 0 Å². The van der Waals surface area contributed by atoms with Crippen LogP contribution in [0.5, 0.6) is 0 Å². The molecule has 2 heteroatoms. The van der Waals surface area contributed by atoms with Gasteiger partial charge in [-0.25, -0.2) is 0 Å². The first-order chi connectivity index (χ1) is 5.63. The minimum atomic E-state index is 0.209. The summed E-state index contributed by atoms with van der Waals surface area (Å²) in [6.07, 6.45) is 5.18. The first-order valence-corrected chi connectivity index (χ1v) is 5.18. The zero-order valence-corrected chi connectivity index (χ0v) is 8.21. The summed E-state index contributed by atoms with van der Waals surface area (Å²) in [4.78, 5) is 2.59. The minimum absolute atomic E-state index is 0.209. The van der Waals surface area contributed by atoms with Gasteiger partial charge in [-0.05, 0) is 46.1 Å². The molecular weight excluding hydrogens is 148 g/mol. The summed E-state index contributed by atoms with van der Waals surface area (Å²) in [6.45, 7) is 5.83. The fourth-order valence-electron chi connectivity index (χ4n) is 2.50. The van der Waals surface area contributed by atoms with Crippen LogP contribution in [0, 0.1) is 0 Å². The lowest BCUT2D eigenvalue weighted by Gasteiger charge is -2.32. The molecular formula is C10H20N2. The molecule has 12 heavy (non-hydrogen) atoms. The van der Waals surface area contributed by atoms with Crippen LogP contribution in [0.25, 0.3) is 0 Å². The third-order valence-corrected chi connectivity index (χ3v) is 3.45. The van der Waals surface area contributed by atoms with Crippen molar-refractivity contribution in [2.45, 2.75) is 57.2 Å². The van der Waals surface area contributed by atoms with Crippen molar-refractivity contribution in [1.29, 1.82) is 0 Å². The van der Waals surface area contributed by atoms with Gasteiger partial charge in [0.1, 0.15) is 0 Å². The molecule has 0 radical (unpaired) electrons. The zero-order valence-electron chi connectivity index (χ0n) is 8.21. The molecule has 0 aromatic rings. The van der Waals surface area contributed by atoms with Crippen LogP contribution in [-0.2, 0) is 0 Å². The lowest BCUT2D eigenvalue weighted by molar-refractivity contribution is 0.172. The van der Waals surface area contributed by atoms with Crippen LogP contribution in [0.2, 0.25) is 0 Å². The van der Waals surface area contributed by atoms with Crippen molar-refractivity contribution in [3.8, 4) is 0 Å². The number of likely N-dealkylation sites (tertiary alicyclic amines) is 1. The number of hydrogen-bond acceptors (Lipinski definition) is 2. The molecule has 1 unspecified atom stereocenters. The third kappa shape index (κ3) is 1.27. The predicted molar refractivity (Wildman–Crippen MR) is 51.0 cm³/mol. The predicted octanol–water partition coefficient (Wildman–Crippen LogP) is 1.35. The van der Waals surface area contributed by atoms with Crippen LogP contribution in [0.15, 0.2) is 0 Å². The van der Waals surface area contributed by atoms with Gasteiger partial charge in [-0.2, -0.15) is 0 Å². The van der Waals surface area contributed by atoms with Crippen molar-refractivity contribution in [3.63, 3.8) is 0 Å². The summed E-state index contributed by atoms with van der Waals surface area (Å²) < 4.78 is 0. The van der Waals surface area contributed by atoms with Gasteiger partial charge in [-0.15, -0.1) is 0 Å². The van der Waals surface area contributed by atoms with Crippen molar-refractivity contribution in [3.05, 3.63) is 0 Å². The van der Waals surface area contributed by atoms with Crippen molar-refractivity contribution in [2.24, 2.45) is 5.73 Å². The monoisotopic (exact) mass is 168 g/mol. The Kier molecular flexibility index (Phi) is 1.92. The Hall–Kier alpha value is -0.0800. The van der Waals surface area contributed by atoms with Crippen molar-refractivity contribution in [2.75, 3.05) is 6.54 Å². The van der Waals surface area contributed by atoms with Gasteiger partial charge in [-0.1, -0.05) is 0 Å². The van der Waals surface area contributed by atoms with Gasteiger partial charge in [0, 0.05) is 17.6 Å². The molecule has 2 N–H and O–H groups in total. The molecule has 0 aromatic carbocycles. The van der Waals surface area contributed by atoms with Gasteiger partial charge in [0.05, 0.1) is 0 Å². The van der Waals surface area contributed by atoms with Crippen LogP contribution in [0.4, 0.5) is 0 Å². The molecule has 1 atom stereocenters. The molecule has 1 saturated heterocycles. The first kappa shape index (κ1) is 8.52. The van der Waals surface area contributed by atoms with Gasteiger partial charge < -0.3 is 5.73 Å². The molecule has 70 valence electrons. The quantitative estimate of drug-likeness (QED) is 0.674. The van der Waals surface area contributed by atoms with Gasteiger partial charge in [0.15, 0.2) is 0 Å². The maximum absolute atomic E-state index is 6.24. The Morgan fingerprint density at radius 1 is 1.42 bits per heavy atom. The van der Waals surface area contributed by atoms with E-state index in [2.05, 4.69) is 18.7 Å². The number of rotatable bonds is 2. The average Bonchev–Trinajstić information content (AvgIpc) is 2.61. The summed E-state index contributed by atoms with van der Waals surface area (Å²) in [5.41, 5.74) is 6.45. The van der Waals surface area contributed by atoms with Gasteiger partial charge in [0.2, 0.25) is 0 Å². The van der Waals surface area contributed by atoms with Crippen molar-refractivity contribution in [1.82, 2.24) is 4.90 Å². The lowest BCUT2D eigenvalue weighted by Crippen LogP contribution is -2.48. The summed E-state index contributed by atoms with van der Waals surface area (Å²) in [7, 11) is 0. The molecule has 1 saturated carbocycles. The van der Waals surface area contributed by atoms with Gasteiger partial charge >= 0.3 is 0 Å². The Bertz CT molecular complexity index is 173. The van der Waals surface area contributed by atoms with E-state index in [9.17, 15) is 0 Å². The molecule has 2 fully saturated rings. The highest BCUT2D eigenvalue weighted by Crippen LogP contribution is 2.42. The second kappa shape index (κ2) is 2.71. The van der Waals surface area contributed by atoms with Gasteiger partial charge in [-0.3, -0.25) is 4.90 Å². The number of nitrogens with zero attached hydrogens (tertiary/aromatic N) is 1. The fraction of sp³-hybridized carbons (Fsp3) is 1.00. The summed E-state index contributed by atoms with van der Waals surface area (Å²) in [5.74, 6) is 0. The Labute approximate surface area is 75.1 Å². The molecule has 0 amide bonds. The van der Waals surface area contributed by atoms with E-state index in [0.717, 1.165) is 0 Å². The number of nitrogens with two attached hydrogens (primary N) is 1. The van der Waals surface area contributed by atoms with Crippen LogP contribution < -0.4 is 5.73 Å². The highest BCUT2D eigenvalue weighted by molar-refractivity contribution is 5.10. The molecule has 0 bridgehead atoms. The fourth-order valence-corrected chi connectivity index (χ4v) is 2.50. The van der Waals surface area contributed by atoms with Crippen molar-refractivity contribution >= 4 is 0 Å². The van der Waals surface area contributed by atoms with E-state index in [1.165, 1.54) is 32.2 Å². The van der Waals surface area contributed by atoms with E-state index >= 15 is 0 Å².